The van der Waals surface area contributed by atoms with Crippen LogP contribution >= 0.6 is 11.8 Å². The molecule has 2 heterocycles. The Morgan fingerprint density at radius 3 is 1.43 bits per heavy atom. The van der Waals surface area contributed by atoms with Crippen LogP contribution in [0.2, 0.25) is 0 Å². The highest BCUT2D eigenvalue weighted by Crippen LogP contribution is 2.23. The third-order valence-corrected chi connectivity index (χ3v) is 15.8. The third-order valence-electron chi connectivity index (χ3n) is 15.2. The predicted octanol–water partition coefficient (Wildman–Crippen LogP) is -0.825. The molecular formula is C61H77N11O19S. The van der Waals surface area contributed by atoms with Crippen LogP contribution in [0.3, 0.4) is 0 Å². The number of thioether (sulfide) groups is 1. The first-order chi connectivity index (χ1) is 43.7. The summed E-state index contributed by atoms with van der Waals surface area (Å²) < 4.78 is 0. The van der Waals surface area contributed by atoms with E-state index in [-0.39, 0.29) is 38.6 Å². The van der Waals surface area contributed by atoms with Gasteiger partial charge < -0.3 is 83.7 Å². The number of aliphatic carboxylic acids is 5. The van der Waals surface area contributed by atoms with E-state index in [2.05, 4.69) is 42.2 Å². The number of nitrogens with one attached hydrogen (secondary N) is 9. The highest BCUT2D eigenvalue weighted by molar-refractivity contribution is 7.98. The van der Waals surface area contributed by atoms with E-state index in [1.54, 1.807) is 80.9 Å². The summed E-state index contributed by atoms with van der Waals surface area (Å²) in [6.07, 6.45) is -1.26. The van der Waals surface area contributed by atoms with Crippen LogP contribution in [0.4, 0.5) is 0 Å². The fraction of sp³-hybridized carbons (Fsp3) is 0.443. The number of fused-ring (bicyclic) bond motifs is 1. The first-order valence-electron chi connectivity index (χ1n) is 29.4. The van der Waals surface area contributed by atoms with E-state index in [9.17, 15) is 92.7 Å². The lowest BCUT2D eigenvalue weighted by Gasteiger charge is -2.32. The number of aromatic nitrogens is 1. The van der Waals surface area contributed by atoms with Crippen molar-refractivity contribution in [1.29, 1.82) is 0 Å². The summed E-state index contributed by atoms with van der Waals surface area (Å²) in [5.41, 5.74) is 8.76. The van der Waals surface area contributed by atoms with Gasteiger partial charge in [0.2, 0.25) is 53.2 Å². The number of carbonyl (C=O) groups is 14. The zero-order valence-corrected chi connectivity index (χ0v) is 51.4. The van der Waals surface area contributed by atoms with Crippen LogP contribution in [0.1, 0.15) is 81.9 Å². The predicted molar refractivity (Wildman–Crippen MR) is 330 cm³/mol. The number of likely N-dealkylation sites (tertiary alicyclic amines) is 1. The maximum absolute atomic E-state index is 14.3. The van der Waals surface area contributed by atoms with Gasteiger partial charge in [-0.3, -0.25) is 62.3 Å². The molecule has 4 aromatic rings. The molecular weight excluding hydrogens is 1220 g/mol. The first-order valence-corrected chi connectivity index (χ1v) is 30.8. The van der Waals surface area contributed by atoms with Gasteiger partial charge in [-0.1, -0.05) is 99.1 Å². The van der Waals surface area contributed by atoms with Crippen molar-refractivity contribution < 1.29 is 92.7 Å². The minimum absolute atomic E-state index is 0.00559. The number of hydrogen-bond acceptors (Lipinski definition) is 16. The second kappa shape index (κ2) is 35.5. The van der Waals surface area contributed by atoms with E-state index in [0.717, 1.165) is 15.8 Å². The van der Waals surface area contributed by atoms with Crippen LogP contribution in [-0.4, -0.2) is 197 Å². The van der Waals surface area contributed by atoms with Crippen LogP contribution in [0.25, 0.3) is 10.9 Å². The lowest BCUT2D eigenvalue weighted by atomic mass is 9.96. The molecule has 30 nitrogen and oxygen atoms in total. The lowest BCUT2D eigenvalue weighted by Crippen LogP contribution is -2.61. The van der Waals surface area contributed by atoms with Gasteiger partial charge >= 0.3 is 29.8 Å². The van der Waals surface area contributed by atoms with Gasteiger partial charge in [-0.2, -0.15) is 11.8 Å². The van der Waals surface area contributed by atoms with Crippen LogP contribution in [0, 0.1) is 5.92 Å². The van der Waals surface area contributed by atoms with Gasteiger partial charge in [0.15, 0.2) is 0 Å². The van der Waals surface area contributed by atoms with Crippen LogP contribution in [0.5, 0.6) is 0 Å². The topological polar surface area (TPSA) is 481 Å². The largest absolute Gasteiger partial charge is 0.481 e. The van der Waals surface area contributed by atoms with Crippen molar-refractivity contribution in [3.05, 3.63) is 108 Å². The minimum Gasteiger partial charge on any atom is -0.481 e. The Balaban J connectivity index is 1.32. The SMILES string of the molecule is CC[C@H](C)[C@H](NC(=O)[C@H](CC(=O)O)NC(=O)[C@H](CC(=O)O)NC(=O)[C@H](CC(=O)O)NC(=O)[C@H](Cc1ccccc1)NC(=O)[C@H](CC(=O)O)NC(=O)[C@H](CCSC)NC(=O)[C@@H](N)Cc1c[nH]c2ccccc12)C(=O)N1CCC[C@H]1C(=O)N[C@@H](Cc1ccccc1)C(=O)O. The van der Waals surface area contributed by atoms with Crippen molar-refractivity contribution in [2.45, 2.75) is 145 Å². The number of H-pyrrole nitrogens is 1. The summed E-state index contributed by atoms with van der Waals surface area (Å²) in [6, 6.07) is 6.59. The molecule has 0 spiro atoms. The van der Waals surface area contributed by atoms with Crippen LogP contribution in [-0.2, 0) is 86.4 Å². The molecule has 0 saturated carbocycles. The van der Waals surface area contributed by atoms with Gasteiger partial charge in [0.25, 0.3) is 0 Å². The second-order valence-corrected chi connectivity index (χ2v) is 23.0. The van der Waals surface area contributed by atoms with Gasteiger partial charge in [0.1, 0.15) is 54.4 Å². The summed E-state index contributed by atoms with van der Waals surface area (Å²) in [5, 5.41) is 68.8. The third kappa shape index (κ3) is 22.2. The summed E-state index contributed by atoms with van der Waals surface area (Å²) in [4.78, 5) is 192. The Morgan fingerprint density at radius 1 is 0.543 bits per heavy atom. The molecule has 0 radical (unpaired) electrons. The molecule has 0 bridgehead atoms. The Morgan fingerprint density at radius 2 is 0.967 bits per heavy atom. The average Bonchev–Trinajstić information content (AvgIpc) is 1.81. The molecule has 1 aliphatic heterocycles. The lowest BCUT2D eigenvalue weighted by molar-refractivity contribution is -0.146. The molecule has 5 rings (SSSR count). The number of carboxylic acid groups (broad SMARTS) is 5. The van der Waals surface area contributed by atoms with Gasteiger partial charge in [0.05, 0.1) is 31.7 Å². The molecule has 3 aromatic carbocycles. The molecule has 1 fully saturated rings. The van der Waals surface area contributed by atoms with E-state index in [0.29, 0.717) is 28.9 Å². The Kier molecular flexibility index (Phi) is 28.1. The van der Waals surface area contributed by atoms with Crippen molar-refractivity contribution in [2.75, 3.05) is 18.6 Å². The Bertz CT molecular complexity index is 3320. The number of hydrogen-bond donors (Lipinski definition) is 15. The summed E-state index contributed by atoms with van der Waals surface area (Å²) >= 11 is 1.31. The zero-order chi connectivity index (χ0) is 67.8. The zero-order valence-electron chi connectivity index (χ0n) is 50.6. The number of nitrogens with zero attached hydrogens (tertiary/aromatic N) is 1. The number of benzene rings is 3. The van der Waals surface area contributed by atoms with Crippen molar-refractivity contribution in [3.63, 3.8) is 0 Å². The molecule has 496 valence electrons. The first kappa shape index (κ1) is 72.8. The van der Waals surface area contributed by atoms with Crippen molar-refractivity contribution in [3.8, 4) is 0 Å². The number of carboxylic acids is 5. The maximum Gasteiger partial charge on any atom is 0.326 e. The number of amides is 9. The number of nitrogens with two attached hydrogens (primary N) is 1. The van der Waals surface area contributed by atoms with Gasteiger partial charge in [-0.25, -0.2) is 4.79 Å². The van der Waals surface area contributed by atoms with Crippen molar-refractivity contribution >= 4 is 106 Å². The average molecular weight is 1300 g/mol. The number of rotatable bonds is 37. The van der Waals surface area contributed by atoms with Gasteiger partial charge in [-0.05, 0) is 66.4 Å². The van der Waals surface area contributed by atoms with Crippen LogP contribution in [0.15, 0.2) is 91.1 Å². The standard InChI is InChI=1S/C61H77N11O19S/c1-4-32(2)51(60(89)72-22-13-20-46(72)59(88)70-45(61(90)91)25-34-16-9-6-10-17-34)71-58(87)44(30-50(79)80)69-57(86)43(29-49(77)78)68-56(85)42(28-48(75)76)67-54(83)40(24-33-14-7-5-8-15-33)65-55(84)41(27-47(73)74)66-53(82)39(21-23-92-3)64-52(81)37(62)26-35-31-63-38-19-12-11-18-36(35)38/h5-12,14-19,31-32,37,39-46,51,63H,4,13,20-30,62H2,1-3H3,(H,64,81)(H,65,84)(H,66,82)(H,67,83)(H,68,85)(H,69,86)(H,70,88)(H,71,87)(H,73,74)(H,75,76)(H,77,78)(H,79,80)(H,90,91)/t32-,37-,39-,40-,41-,42-,43-,44-,45-,46-,51-/m0/s1. The molecule has 1 aromatic heterocycles. The molecule has 1 saturated heterocycles. The monoisotopic (exact) mass is 1300 g/mol. The second-order valence-electron chi connectivity index (χ2n) is 22.1. The smallest absolute Gasteiger partial charge is 0.326 e. The molecule has 11 atom stereocenters. The highest BCUT2D eigenvalue weighted by atomic mass is 32.2. The maximum atomic E-state index is 14.3. The van der Waals surface area contributed by atoms with E-state index < -0.39 is 181 Å². The van der Waals surface area contributed by atoms with E-state index in [1.807, 2.05) is 23.5 Å². The normalized spacial score (nSPS) is 16.0. The van der Waals surface area contributed by atoms with Crippen LogP contribution < -0.4 is 48.3 Å². The molecule has 0 aliphatic carbocycles. The summed E-state index contributed by atoms with van der Waals surface area (Å²) in [7, 11) is 0. The highest BCUT2D eigenvalue weighted by Gasteiger charge is 2.42. The van der Waals surface area contributed by atoms with E-state index in [1.165, 1.54) is 23.9 Å². The van der Waals surface area contributed by atoms with Gasteiger partial charge in [-0.15, -0.1) is 0 Å². The van der Waals surface area contributed by atoms with Crippen molar-refractivity contribution in [1.82, 2.24) is 52.4 Å². The van der Waals surface area contributed by atoms with E-state index >= 15 is 0 Å². The Hall–Kier alpha value is -9.91. The molecule has 0 unspecified atom stereocenters. The quantitative estimate of drug-likeness (QED) is 0.0262. The molecule has 9 amide bonds. The Labute approximate surface area is 531 Å². The number of carbonyl (C=O) groups excluding carboxylic acids is 9. The molecule has 16 N–H and O–H groups in total. The fourth-order valence-electron chi connectivity index (χ4n) is 10.1. The summed E-state index contributed by atoms with van der Waals surface area (Å²) in [6.45, 7) is 3.20. The van der Waals surface area contributed by atoms with Gasteiger partial charge in [0, 0.05) is 36.5 Å². The molecule has 92 heavy (non-hydrogen) atoms. The number of aromatic amines is 1. The minimum atomic E-state index is -2.25. The molecule has 1 aliphatic rings. The summed E-state index contributed by atoms with van der Waals surface area (Å²) in [5.74, 6) is -18.8. The van der Waals surface area contributed by atoms with E-state index in [4.69, 9.17) is 5.73 Å². The number of para-hydroxylation sites is 1. The van der Waals surface area contributed by atoms with Crippen molar-refractivity contribution in [2.24, 2.45) is 11.7 Å². The fourth-order valence-corrected chi connectivity index (χ4v) is 10.6. The molecule has 31 heteroatoms.